The van der Waals surface area contributed by atoms with Crippen molar-refractivity contribution in [1.82, 2.24) is 25.1 Å². The summed E-state index contributed by atoms with van der Waals surface area (Å²) in [5, 5.41) is 12.9. The van der Waals surface area contributed by atoms with E-state index in [1.165, 1.54) is 5.69 Å². The molecule has 8 heteroatoms. The number of ether oxygens (including phenoxy) is 2. The minimum absolute atomic E-state index is 0.0629. The van der Waals surface area contributed by atoms with Gasteiger partial charge in [-0.1, -0.05) is 42.5 Å². The number of rotatable bonds is 8. The zero-order chi connectivity index (χ0) is 24.0. The molecule has 180 valence electrons. The highest BCUT2D eigenvalue weighted by Crippen LogP contribution is 2.30. The van der Waals surface area contributed by atoms with Gasteiger partial charge in [-0.2, -0.15) is 0 Å². The van der Waals surface area contributed by atoms with Crippen LogP contribution < -0.4 is 14.4 Å². The molecule has 1 aromatic heterocycles. The van der Waals surface area contributed by atoms with Gasteiger partial charge in [0.1, 0.15) is 11.5 Å². The van der Waals surface area contributed by atoms with Gasteiger partial charge in [0.25, 0.3) is 0 Å². The number of piperazine rings is 1. The summed E-state index contributed by atoms with van der Waals surface area (Å²) in [5.41, 5.74) is 3.52. The maximum absolute atomic E-state index is 5.39. The Bertz CT molecular complexity index is 1200. The van der Waals surface area contributed by atoms with Crippen molar-refractivity contribution in [3.63, 3.8) is 0 Å². The summed E-state index contributed by atoms with van der Waals surface area (Å²) in [4.78, 5) is 4.90. The minimum Gasteiger partial charge on any atom is -0.497 e. The first kappa shape index (κ1) is 22.9. The number of hydrogen-bond acceptors (Lipinski definition) is 7. The molecule has 5 rings (SSSR count). The lowest BCUT2D eigenvalue weighted by atomic mass is 10.0. The maximum atomic E-state index is 5.39. The zero-order valence-corrected chi connectivity index (χ0v) is 20.1. The number of nitrogens with zero attached hydrogens (tertiary/aromatic N) is 6. The van der Waals surface area contributed by atoms with E-state index in [0.29, 0.717) is 6.54 Å². The smallest absolute Gasteiger partial charge is 0.173 e. The first-order chi connectivity index (χ1) is 17.2. The Morgan fingerprint density at radius 1 is 0.771 bits per heavy atom. The molecule has 0 spiro atoms. The minimum atomic E-state index is -0.0629. The summed E-state index contributed by atoms with van der Waals surface area (Å²) < 4.78 is 12.6. The van der Waals surface area contributed by atoms with E-state index in [2.05, 4.69) is 67.8 Å². The van der Waals surface area contributed by atoms with Crippen LogP contribution in [0.25, 0.3) is 0 Å². The third-order valence-electron chi connectivity index (χ3n) is 6.53. The van der Waals surface area contributed by atoms with Crippen LogP contribution in [0.4, 0.5) is 5.69 Å². The Morgan fingerprint density at radius 2 is 1.40 bits per heavy atom. The molecule has 1 saturated heterocycles. The summed E-state index contributed by atoms with van der Waals surface area (Å²) in [5.74, 6) is 2.50. The fraction of sp³-hybridized carbons (Fsp3) is 0.296. The van der Waals surface area contributed by atoms with Crippen molar-refractivity contribution in [3.8, 4) is 11.5 Å². The lowest BCUT2D eigenvalue weighted by molar-refractivity contribution is 0.201. The van der Waals surface area contributed by atoms with Crippen molar-refractivity contribution < 1.29 is 9.47 Å². The summed E-state index contributed by atoms with van der Waals surface area (Å²) in [6.07, 6.45) is 0. The van der Waals surface area contributed by atoms with Crippen LogP contribution in [0, 0.1) is 0 Å². The summed E-state index contributed by atoms with van der Waals surface area (Å²) in [7, 11) is 3.36. The molecule has 2 heterocycles. The molecule has 0 N–H and O–H groups in total. The normalized spacial score (nSPS) is 15.1. The van der Waals surface area contributed by atoms with Gasteiger partial charge >= 0.3 is 0 Å². The SMILES string of the molecule is COc1ccc(Cn2nnnc2[C@H](c2ccc(OC)cc2)N2CCN(c3ccccc3)CC2)cc1. The molecule has 1 aliphatic rings. The molecule has 0 saturated carbocycles. The molecule has 0 aliphatic carbocycles. The largest absolute Gasteiger partial charge is 0.497 e. The molecule has 0 amide bonds. The van der Waals surface area contributed by atoms with Crippen LogP contribution in [0.15, 0.2) is 78.9 Å². The van der Waals surface area contributed by atoms with Crippen molar-refractivity contribution in [1.29, 1.82) is 0 Å². The number of benzene rings is 3. The standard InChI is InChI=1S/C27H30N6O2/c1-34-24-12-8-21(9-13-24)20-33-27(28-29-30-33)26(22-10-14-25(35-2)15-11-22)32-18-16-31(17-19-32)23-6-4-3-5-7-23/h3-15,26H,16-20H2,1-2H3/t26-/m0/s1. The average molecular weight is 471 g/mol. The van der Waals surface area contributed by atoms with Crippen LogP contribution in [-0.2, 0) is 6.54 Å². The van der Waals surface area contributed by atoms with E-state index in [9.17, 15) is 0 Å². The summed E-state index contributed by atoms with van der Waals surface area (Å²) in [6, 6.07) is 26.8. The zero-order valence-electron chi connectivity index (χ0n) is 20.1. The van der Waals surface area contributed by atoms with Crippen LogP contribution in [0.2, 0.25) is 0 Å². The van der Waals surface area contributed by atoms with E-state index in [1.807, 2.05) is 41.1 Å². The average Bonchev–Trinajstić information content (AvgIpc) is 3.38. The predicted molar refractivity (Wildman–Crippen MR) is 135 cm³/mol. The number of methoxy groups -OCH3 is 2. The highest BCUT2D eigenvalue weighted by Gasteiger charge is 2.30. The van der Waals surface area contributed by atoms with Crippen LogP contribution in [0.1, 0.15) is 23.0 Å². The molecule has 8 nitrogen and oxygen atoms in total. The lowest BCUT2D eigenvalue weighted by Crippen LogP contribution is -2.48. The molecular weight excluding hydrogens is 440 g/mol. The number of para-hydroxylation sites is 1. The molecule has 4 aromatic rings. The predicted octanol–water partition coefficient (Wildman–Crippen LogP) is 3.65. The van der Waals surface area contributed by atoms with E-state index in [-0.39, 0.29) is 6.04 Å². The Kier molecular flexibility index (Phi) is 6.90. The molecule has 1 fully saturated rings. The van der Waals surface area contributed by atoms with E-state index in [1.54, 1.807) is 14.2 Å². The monoisotopic (exact) mass is 470 g/mol. The van der Waals surface area contributed by atoms with Crippen molar-refractivity contribution >= 4 is 5.69 Å². The Balaban J connectivity index is 1.42. The Labute approximate surface area is 205 Å². The molecule has 0 radical (unpaired) electrons. The molecule has 1 aliphatic heterocycles. The lowest BCUT2D eigenvalue weighted by Gasteiger charge is -2.40. The maximum Gasteiger partial charge on any atom is 0.173 e. The van der Waals surface area contributed by atoms with Crippen molar-refractivity contribution in [3.05, 3.63) is 95.8 Å². The Morgan fingerprint density at radius 3 is 2.03 bits per heavy atom. The second kappa shape index (κ2) is 10.6. The fourth-order valence-electron chi connectivity index (χ4n) is 4.61. The number of tetrazole rings is 1. The third-order valence-corrected chi connectivity index (χ3v) is 6.53. The van der Waals surface area contributed by atoms with Gasteiger partial charge in [-0.05, 0) is 58.0 Å². The highest BCUT2D eigenvalue weighted by atomic mass is 16.5. The second-order valence-electron chi connectivity index (χ2n) is 8.58. The number of anilines is 1. The van der Waals surface area contributed by atoms with Gasteiger partial charge in [0.15, 0.2) is 5.82 Å². The molecule has 35 heavy (non-hydrogen) atoms. The quantitative estimate of drug-likeness (QED) is 0.389. The summed E-state index contributed by atoms with van der Waals surface area (Å²) >= 11 is 0. The highest BCUT2D eigenvalue weighted by molar-refractivity contribution is 5.46. The van der Waals surface area contributed by atoms with Gasteiger partial charge in [-0.15, -0.1) is 5.10 Å². The fourth-order valence-corrected chi connectivity index (χ4v) is 4.61. The first-order valence-corrected chi connectivity index (χ1v) is 11.8. The molecule has 0 bridgehead atoms. The van der Waals surface area contributed by atoms with E-state index < -0.39 is 0 Å². The van der Waals surface area contributed by atoms with Crippen LogP contribution in [0.5, 0.6) is 11.5 Å². The summed E-state index contributed by atoms with van der Waals surface area (Å²) in [6.45, 7) is 4.28. The molecule has 3 aromatic carbocycles. The number of hydrogen-bond donors (Lipinski definition) is 0. The van der Waals surface area contributed by atoms with Crippen molar-refractivity contribution in [2.75, 3.05) is 45.3 Å². The third kappa shape index (κ3) is 5.12. The Hall–Kier alpha value is -3.91. The molecule has 1 atom stereocenters. The first-order valence-electron chi connectivity index (χ1n) is 11.8. The van der Waals surface area contributed by atoms with Crippen LogP contribution in [-0.4, -0.2) is 65.5 Å². The van der Waals surface area contributed by atoms with Gasteiger partial charge in [0.05, 0.1) is 26.8 Å². The van der Waals surface area contributed by atoms with E-state index >= 15 is 0 Å². The van der Waals surface area contributed by atoms with E-state index in [0.717, 1.165) is 54.6 Å². The van der Waals surface area contributed by atoms with E-state index in [4.69, 9.17) is 9.47 Å². The molecule has 0 unspecified atom stereocenters. The van der Waals surface area contributed by atoms with Gasteiger partial charge < -0.3 is 14.4 Å². The topological polar surface area (TPSA) is 68.5 Å². The van der Waals surface area contributed by atoms with Crippen LogP contribution >= 0.6 is 0 Å². The van der Waals surface area contributed by atoms with Crippen molar-refractivity contribution in [2.24, 2.45) is 0 Å². The van der Waals surface area contributed by atoms with Gasteiger partial charge in [-0.25, -0.2) is 4.68 Å². The van der Waals surface area contributed by atoms with Gasteiger partial charge in [0, 0.05) is 31.9 Å². The van der Waals surface area contributed by atoms with Gasteiger partial charge in [0.2, 0.25) is 0 Å². The van der Waals surface area contributed by atoms with Crippen LogP contribution in [0.3, 0.4) is 0 Å². The molecular formula is C27H30N6O2. The number of aromatic nitrogens is 4. The van der Waals surface area contributed by atoms with Crippen molar-refractivity contribution in [2.45, 2.75) is 12.6 Å². The second-order valence-corrected chi connectivity index (χ2v) is 8.58. The van der Waals surface area contributed by atoms with Gasteiger partial charge in [-0.3, -0.25) is 4.90 Å².